The van der Waals surface area contributed by atoms with Gasteiger partial charge >= 0.3 is 5.97 Å². The van der Waals surface area contributed by atoms with E-state index in [1.807, 2.05) is 47.6 Å². The molecule has 0 saturated carbocycles. The molecule has 2 aliphatic heterocycles. The molecule has 5 rings (SSSR count). The van der Waals surface area contributed by atoms with Gasteiger partial charge in [0.05, 0.1) is 29.3 Å². The number of hydrogen-bond acceptors (Lipinski definition) is 10. The summed E-state index contributed by atoms with van der Waals surface area (Å²) in [6.45, 7) is 10.2. The van der Waals surface area contributed by atoms with Crippen molar-refractivity contribution in [1.29, 1.82) is 0 Å². The van der Waals surface area contributed by atoms with Gasteiger partial charge in [-0.2, -0.15) is 0 Å². The van der Waals surface area contributed by atoms with Crippen LogP contribution in [0.5, 0.6) is 0 Å². The van der Waals surface area contributed by atoms with E-state index in [2.05, 4.69) is 9.97 Å². The quantitative estimate of drug-likeness (QED) is 0.281. The van der Waals surface area contributed by atoms with E-state index in [0.29, 0.717) is 56.9 Å². The standard InChI is InChI=1S/C17H22N4O2.C13H23NO4/c1-4-23-9-13-20-14-15(21(13)10-17(2,3)22)11-7-5-6-8-12(11)19-16(14)18;1-2-3-5-12(16)18-10-8-11(15)13(17)6-4-7-14(13)9-10/h5-8,22H,4,9-10H2,1-3H3,(H2,18,19);10-11,15,17H,2-9H2,1H3. The number of ether oxygens (including phenoxy) is 2. The molecule has 2 fully saturated rings. The van der Waals surface area contributed by atoms with Crippen LogP contribution in [0.4, 0.5) is 5.82 Å². The number of aliphatic hydroxyl groups excluding tert-OH is 1. The minimum Gasteiger partial charge on any atom is -0.461 e. The number of hydrogen-bond donors (Lipinski definition) is 4. The number of esters is 1. The molecule has 5 N–H and O–H groups in total. The van der Waals surface area contributed by atoms with Crippen molar-refractivity contribution < 1.29 is 29.6 Å². The molecular formula is C30H45N5O6. The number of benzene rings is 1. The highest BCUT2D eigenvalue weighted by molar-refractivity contribution is 6.06. The van der Waals surface area contributed by atoms with Crippen LogP contribution in [0.15, 0.2) is 24.3 Å². The first-order valence-electron chi connectivity index (χ1n) is 14.6. The van der Waals surface area contributed by atoms with Crippen LogP contribution >= 0.6 is 0 Å². The largest absolute Gasteiger partial charge is 0.461 e. The van der Waals surface area contributed by atoms with Gasteiger partial charge in [-0.1, -0.05) is 31.5 Å². The molecule has 0 spiro atoms. The first-order chi connectivity index (χ1) is 19.5. The van der Waals surface area contributed by atoms with E-state index in [0.717, 1.165) is 48.1 Å². The number of para-hydroxylation sites is 1. The Morgan fingerprint density at radius 1 is 1.24 bits per heavy atom. The molecule has 1 aromatic carbocycles. The average Bonchev–Trinajstić information content (AvgIpc) is 3.47. The fraction of sp³-hybridized carbons (Fsp3) is 0.633. The second-order valence-electron chi connectivity index (χ2n) is 11.7. The zero-order valence-corrected chi connectivity index (χ0v) is 24.7. The lowest BCUT2D eigenvalue weighted by Crippen LogP contribution is -2.60. The first-order valence-corrected chi connectivity index (χ1v) is 14.6. The highest BCUT2D eigenvalue weighted by atomic mass is 16.5. The Labute approximate surface area is 241 Å². The Hall–Kier alpha value is -2.83. The third-order valence-corrected chi connectivity index (χ3v) is 7.67. The topological polar surface area (TPSA) is 156 Å². The number of carbonyl (C=O) groups is 1. The first kappa shape index (κ1) is 31.1. The van der Waals surface area contributed by atoms with Gasteiger partial charge in [0, 0.05) is 37.9 Å². The van der Waals surface area contributed by atoms with Crippen LogP contribution in [0, 0.1) is 0 Å². The number of piperidine rings is 1. The summed E-state index contributed by atoms with van der Waals surface area (Å²) in [5.41, 5.74) is 6.50. The molecular weight excluding hydrogens is 526 g/mol. The lowest BCUT2D eigenvalue weighted by molar-refractivity contribution is -0.208. The summed E-state index contributed by atoms with van der Waals surface area (Å²) < 4.78 is 12.9. The van der Waals surface area contributed by atoms with Crippen LogP contribution in [0.3, 0.4) is 0 Å². The summed E-state index contributed by atoms with van der Waals surface area (Å²) in [6, 6.07) is 7.81. The highest BCUT2D eigenvalue weighted by Crippen LogP contribution is 2.36. The van der Waals surface area contributed by atoms with Crippen LogP contribution in [-0.4, -0.2) is 84.0 Å². The van der Waals surface area contributed by atoms with Crippen molar-refractivity contribution in [3.63, 3.8) is 0 Å². The fourth-order valence-corrected chi connectivity index (χ4v) is 5.68. The van der Waals surface area contributed by atoms with Crippen molar-refractivity contribution in [3.05, 3.63) is 30.1 Å². The minimum absolute atomic E-state index is 0.196. The predicted molar refractivity (Wildman–Crippen MR) is 157 cm³/mol. The van der Waals surface area contributed by atoms with Crippen molar-refractivity contribution in [1.82, 2.24) is 19.4 Å². The Morgan fingerprint density at radius 3 is 2.71 bits per heavy atom. The lowest BCUT2D eigenvalue weighted by Gasteiger charge is -2.44. The van der Waals surface area contributed by atoms with Crippen molar-refractivity contribution in [3.8, 4) is 0 Å². The molecule has 2 aliphatic rings. The van der Waals surface area contributed by atoms with Crippen LogP contribution < -0.4 is 5.73 Å². The molecule has 0 radical (unpaired) electrons. The summed E-state index contributed by atoms with van der Waals surface area (Å²) in [5, 5.41) is 31.6. The third kappa shape index (κ3) is 7.15. The predicted octanol–water partition coefficient (Wildman–Crippen LogP) is 3.11. The van der Waals surface area contributed by atoms with Gasteiger partial charge in [-0.15, -0.1) is 0 Å². The molecule has 2 aromatic heterocycles. The van der Waals surface area contributed by atoms with Crippen molar-refractivity contribution in [2.45, 2.75) is 103 Å². The Morgan fingerprint density at radius 2 is 2.00 bits per heavy atom. The second kappa shape index (κ2) is 13.0. The molecule has 2 saturated heterocycles. The fourth-order valence-electron chi connectivity index (χ4n) is 5.68. The van der Waals surface area contributed by atoms with Gasteiger partial charge in [0.1, 0.15) is 29.8 Å². The van der Waals surface area contributed by atoms with Gasteiger partial charge < -0.3 is 35.1 Å². The zero-order valence-electron chi connectivity index (χ0n) is 24.7. The van der Waals surface area contributed by atoms with E-state index < -0.39 is 17.4 Å². The van der Waals surface area contributed by atoms with E-state index in [1.54, 1.807) is 13.8 Å². The monoisotopic (exact) mass is 571 g/mol. The number of nitrogen functional groups attached to an aromatic ring is 1. The van der Waals surface area contributed by atoms with Gasteiger partial charge in [-0.05, 0) is 46.1 Å². The SMILES string of the molecule is CCCCC(=O)OC1CC(O)C2(O)CCCN2C1.CCOCc1nc2c(N)nc3ccccc3c2n1CC(C)(C)O. The molecule has 0 amide bonds. The molecule has 4 heterocycles. The molecule has 0 bridgehead atoms. The number of nitrogens with two attached hydrogens (primary N) is 1. The number of aliphatic hydroxyl groups is 3. The van der Waals surface area contributed by atoms with Crippen molar-refractivity contribution >= 4 is 33.7 Å². The minimum atomic E-state index is -1.09. The smallest absolute Gasteiger partial charge is 0.306 e. The number of nitrogens with zero attached hydrogens (tertiary/aromatic N) is 4. The maximum absolute atomic E-state index is 11.6. The normalized spacial score (nSPS) is 22.9. The summed E-state index contributed by atoms with van der Waals surface area (Å²) in [7, 11) is 0. The Bertz CT molecular complexity index is 1340. The maximum Gasteiger partial charge on any atom is 0.306 e. The van der Waals surface area contributed by atoms with E-state index in [9.17, 15) is 20.1 Å². The van der Waals surface area contributed by atoms with Crippen LogP contribution in [0.1, 0.15) is 72.0 Å². The number of unbranched alkanes of at least 4 members (excludes halogenated alkanes) is 1. The van der Waals surface area contributed by atoms with E-state index >= 15 is 0 Å². The zero-order chi connectivity index (χ0) is 29.8. The molecule has 0 aliphatic carbocycles. The number of fused-ring (bicyclic) bond motifs is 4. The summed E-state index contributed by atoms with van der Waals surface area (Å²) in [6.07, 6.45) is 2.95. The average molecular weight is 572 g/mol. The molecule has 11 heteroatoms. The summed E-state index contributed by atoms with van der Waals surface area (Å²) in [4.78, 5) is 22.5. The van der Waals surface area contributed by atoms with Crippen LogP contribution in [0.25, 0.3) is 21.9 Å². The highest BCUT2D eigenvalue weighted by Gasteiger charge is 2.50. The molecule has 41 heavy (non-hydrogen) atoms. The van der Waals surface area contributed by atoms with Gasteiger partial charge in [0.25, 0.3) is 0 Å². The van der Waals surface area contributed by atoms with E-state index in [1.165, 1.54) is 0 Å². The molecule has 3 aromatic rings. The van der Waals surface area contributed by atoms with E-state index in [-0.39, 0.29) is 12.1 Å². The number of rotatable bonds is 9. The maximum atomic E-state index is 11.6. The molecule has 226 valence electrons. The molecule has 11 nitrogen and oxygen atoms in total. The number of imidazole rings is 1. The van der Waals surface area contributed by atoms with E-state index in [4.69, 9.17) is 15.2 Å². The summed E-state index contributed by atoms with van der Waals surface area (Å²) >= 11 is 0. The Balaban J connectivity index is 0.000000195. The van der Waals surface area contributed by atoms with Gasteiger partial charge in [0.2, 0.25) is 0 Å². The van der Waals surface area contributed by atoms with Crippen molar-refractivity contribution in [2.75, 3.05) is 25.4 Å². The number of carbonyl (C=O) groups excluding carboxylic acids is 1. The number of anilines is 1. The molecule has 3 atom stereocenters. The number of pyridine rings is 1. The Kier molecular flexibility index (Phi) is 9.86. The lowest BCUT2D eigenvalue weighted by atomic mass is 9.93. The van der Waals surface area contributed by atoms with Crippen LogP contribution in [0.2, 0.25) is 0 Å². The van der Waals surface area contributed by atoms with Gasteiger partial charge in [-0.3, -0.25) is 9.69 Å². The van der Waals surface area contributed by atoms with Gasteiger partial charge in [-0.25, -0.2) is 9.97 Å². The van der Waals surface area contributed by atoms with Crippen LogP contribution in [-0.2, 0) is 27.4 Å². The van der Waals surface area contributed by atoms with Gasteiger partial charge in [0.15, 0.2) is 5.82 Å². The number of aromatic nitrogens is 3. The van der Waals surface area contributed by atoms with Crippen molar-refractivity contribution in [2.24, 2.45) is 0 Å². The summed E-state index contributed by atoms with van der Waals surface area (Å²) in [5.74, 6) is 0.943. The third-order valence-electron chi connectivity index (χ3n) is 7.67. The molecule has 3 unspecified atom stereocenters. The second-order valence-corrected chi connectivity index (χ2v) is 11.7.